The van der Waals surface area contributed by atoms with Gasteiger partial charge in [0.05, 0.1) is 0 Å². The molecule has 0 saturated carbocycles. The van der Waals surface area contributed by atoms with Crippen molar-refractivity contribution >= 4 is 45.6 Å². The second kappa shape index (κ2) is 5.85. The van der Waals surface area contributed by atoms with Crippen molar-refractivity contribution in [3.8, 4) is 5.75 Å². The van der Waals surface area contributed by atoms with E-state index in [-0.39, 0.29) is 48.9 Å². The van der Waals surface area contributed by atoms with E-state index in [0.717, 1.165) is 5.56 Å². The molecule has 0 aliphatic heterocycles. The third kappa shape index (κ3) is 5.67. The van der Waals surface area contributed by atoms with Crippen LogP contribution in [-0.4, -0.2) is 47.5 Å². The van der Waals surface area contributed by atoms with Gasteiger partial charge in [0.1, 0.15) is 5.75 Å². The van der Waals surface area contributed by atoms with E-state index in [0.29, 0.717) is 0 Å². The normalized spacial score (nSPS) is 11.8. The fourth-order valence-electron chi connectivity index (χ4n) is 1.15. The number of hydrogen-bond donors (Lipinski definition) is 2. The topological polar surface area (TPSA) is 66.8 Å². The van der Waals surface area contributed by atoms with E-state index >= 15 is 0 Å². The van der Waals surface area contributed by atoms with Gasteiger partial charge in [0.2, 0.25) is 0 Å². The molecule has 1 rings (SSSR count). The first-order valence-corrected chi connectivity index (χ1v) is 6.07. The molecule has 0 saturated heterocycles. The van der Waals surface area contributed by atoms with Crippen molar-refractivity contribution < 1.29 is 18.9 Å². The Hall–Kier alpha value is 0.430. The van der Waals surface area contributed by atoms with Crippen molar-refractivity contribution in [3.05, 3.63) is 29.8 Å². The predicted octanol–water partition coefficient (Wildman–Crippen LogP) is 1.54. The number of benzene rings is 1. The quantitative estimate of drug-likeness (QED) is 0.633. The maximum atomic E-state index is 10.6. The molecule has 1 aromatic carbocycles. The second-order valence-electron chi connectivity index (χ2n) is 4.36. The summed E-state index contributed by atoms with van der Waals surface area (Å²) in [5.74, 6) is 0.177. The van der Waals surface area contributed by atoms with Gasteiger partial charge < -0.3 is 4.52 Å². The Morgan fingerprint density at radius 3 is 1.88 bits per heavy atom. The summed E-state index contributed by atoms with van der Waals surface area (Å²) in [4.78, 5) is 17.2. The second-order valence-corrected chi connectivity index (χ2v) is 5.52. The Morgan fingerprint density at radius 2 is 1.56 bits per heavy atom. The summed E-state index contributed by atoms with van der Waals surface area (Å²) >= 11 is 0. The molecule has 0 unspecified atom stereocenters. The van der Waals surface area contributed by atoms with Gasteiger partial charge in [-0.25, -0.2) is 4.57 Å². The molecule has 0 bridgehead atoms. The maximum absolute atomic E-state index is 10.6. The van der Waals surface area contributed by atoms with Crippen LogP contribution in [-0.2, 0) is 9.98 Å². The standard InChI is InChI=1S/C10H15O4P.Ca.2H/c1-10(2,3)8-4-6-9(7-5-8)14-15(11,12)13;;;/h4-7H,1-3H3,(H2,11,12,13);;;. The zero-order chi connectivity index (χ0) is 11.7. The van der Waals surface area contributed by atoms with Crippen molar-refractivity contribution in [1.82, 2.24) is 0 Å². The molecule has 0 atom stereocenters. The van der Waals surface area contributed by atoms with Gasteiger partial charge in [-0.2, -0.15) is 0 Å². The molecule has 0 fully saturated rings. The van der Waals surface area contributed by atoms with Crippen molar-refractivity contribution in [2.45, 2.75) is 26.2 Å². The van der Waals surface area contributed by atoms with Gasteiger partial charge in [-0.3, -0.25) is 9.79 Å². The number of hydrogen-bond acceptors (Lipinski definition) is 2. The van der Waals surface area contributed by atoms with E-state index in [2.05, 4.69) is 25.3 Å². The van der Waals surface area contributed by atoms with E-state index in [1.54, 1.807) is 24.3 Å². The Labute approximate surface area is 125 Å². The van der Waals surface area contributed by atoms with Gasteiger partial charge in [0.15, 0.2) is 0 Å². The Bertz CT molecular complexity index is 377. The van der Waals surface area contributed by atoms with Gasteiger partial charge in [-0.05, 0) is 23.1 Å². The molecule has 88 valence electrons. The zero-order valence-electron chi connectivity index (χ0n) is 8.97. The molecule has 0 aliphatic rings. The molecule has 0 aromatic heterocycles. The molecular weight excluding hydrogens is 255 g/mol. The molecular formula is C10H17CaO4P. The van der Waals surface area contributed by atoms with Crippen molar-refractivity contribution in [3.63, 3.8) is 0 Å². The summed E-state index contributed by atoms with van der Waals surface area (Å²) in [5.41, 5.74) is 1.10. The first-order valence-electron chi connectivity index (χ1n) is 4.54. The molecule has 0 heterocycles. The van der Waals surface area contributed by atoms with Crippen LogP contribution in [0.25, 0.3) is 0 Å². The molecule has 0 radical (unpaired) electrons. The molecule has 4 nitrogen and oxygen atoms in total. The van der Waals surface area contributed by atoms with Crippen molar-refractivity contribution in [1.29, 1.82) is 0 Å². The van der Waals surface area contributed by atoms with Crippen LogP contribution in [0, 0.1) is 0 Å². The third-order valence-electron chi connectivity index (χ3n) is 1.94. The Kier molecular flexibility index (Phi) is 6.01. The van der Waals surface area contributed by atoms with Crippen LogP contribution >= 0.6 is 7.82 Å². The predicted molar refractivity (Wildman–Crippen MR) is 66.4 cm³/mol. The van der Waals surface area contributed by atoms with Crippen LogP contribution in [0.2, 0.25) is 0 Å². The molecule has 0 spiro atoms. The number of phosphoric acid groups is 1. The SMILES string of the molecule is CC(C)(C)c1ccc(OP(=O)(O)O)cc1.[CaH2]. The minimum atomic E-state index is -4.44. The number of rotatable bonds is 2. The molecule has 0 amide bonds. The van der Waals surface area contributed by atoms with E-state index in [4.69, 9.17) is 9.79 Å². The molecule has 6 heteroatoms. The summed E-state index contributed by atoms with van der Waals surface area (Å²) in [6, 6.07) is 6.70. The molecule has 0 aliphatic carbocycles. The average molecular weight is 272 g/mol. The van der Waals surface area contributed by atoms with Crippen LogP contribution in [0.5, 0.6) is 5.75 Å². The number of phosphoric ester groups is 1. The summed E-state index contributed by atoms with van der Waals surface area (Å²) in [5, 5.41) is 0. The Balaban J connectivity index is 0.00000225. The molecule has 2 N–H and O–H groups in total. The van der Waals surface area contributed by atoms with Gasteiger partial charge >= 0.3 is 45.6 Å². The van der Waals surface area contributed by atoms with Crippen molar-refractivity contribution in [2.75, 3.05) is 0 Å². The Morgan fingerprint density at radius 1 is 1.12 bits per heavy atom. The monoisotopic (exact) mass is 272 g/mol. The van der Waals surface area contributed by atoms with Gasteiger partial charge in [0, 0.05) is 0 Å². The zero-order valence-corrected chi connectivity index (χ0v) is 9.86. The molecule has 1 aromatic rings. The first kappa shape index (κ1) is 16.4. The van der Waals surface area contributed by atoms with E-state index in [9.17, 15) is 4.57 Å². The van der Waals surface area contributed by atoms with Crippen LogP contribution < -0.4 is 4.52 Å². The average Bonchev–Trinajstić information content (AvgIpc) is 2.00. The van der Waals surface area contributed by atoms with Gasteiger partial charge in [-0.15, -0.1) is 0 Å². The van der Waals surface area contributed by atoms with E-state index in [1.165, 1.54) is 0 Å². The van der Waals surface area contributed by atoms with E-state index in [1.807, 2.05) is 0 Å². The van der Waals surface area contributed by atoms with E-state index < -0.39 is 7.82 Å². The summed E-state index contributed by atoms with van der Waals surface area (Å²) in [6.45, 7) is 6.18. The van der Waals surface area contributed by atoms with Crippen LogP contribution in [0.4, 0.5) is 0 Å². The first-order chi connectivity index (χ1) is 6.68. The van der Waals surface area contributed by atoms with Gasteiger partial charge in [-0.1, -0.05) is 32.9 Å². The van der Waals surface area contributed by atoms with Crippen LogP contribution in [0.3, 0.4) is 0 Å². The molecule has 16 heavy (non-hydrogen) atoms. The fraction of sp³-hybridized carbons (Fsp3) is 0.400. The van der Waals surface area contributed by atoms with Crippen molar-refractivity contribution in [2.24, 2.45) is 0 Å². The minimum absolute atomic E-state index is 0. The van der Waals surface area contributed by atoms with Crippen LogP contribution in [0.1, 0.15) is 26.3 Å². The summed E-state index contributed by atoms with van der Waals surface area (Å²) in [6.07, 6.45) is 0. The summed E-state index contributed by atoms with van der Waals surface area (Å²) < 4.78 is 15.0. The van der Waals surface area contributed by atoms with Gasteiger partial charge in [0.25, 0.3) is 0 Å². The van der Waals surface area contributed by atoms with Crippen LogP contribution in [0.15, 0.2) is 24.3 Å². The third-order valence-corrected chi connectivity index (χ3v) is 2.39. The fourth-order valence-corrected chi connectivity index (χ4v) is 1.55. The summed E-state index contributed by atoms with van der Waals surface area (Å²) in [7, 11) is -4.44.